The summed E-state index contributed by atoms with van der Waals surface area (Å²) in [6.07, 6.45) is 4.04. The normalized spacial score (nSPS) is 31.1. The maximum Gasteiger partial charge on any atom is 0.322 e. The maximum absolute atomic E-state index is 14.7. The van der Waals surface area contributed by atoms with Gasteiger partial charge in [0, 0.05) is 12.5 Å². The van der Waals surface area contributed by atoms with Gasteiger partial charge in [-0.2, -0.15) is 0 Å². The fraction of sp³-hybridized carbons (Fsp3) is 0.429. The molecule has 9 nitrogen and oxygen atoms in total. The molecule has 0 saturated carbocycles. The van der Waals surface area contributed by atoms with E-state index in [2.05, 4.69) is 15.6 Å². The Balaban J connectivity index is 1.49. The van der Waals surface area contributed by atoms with Crippen molar-refractivity contribution in [2.24, 2.45) is 10.9 Å². The lowest BCUT2D eigenvalue weighted by atomic mass is 9.92. The molecule has 0 aliphatic carbocycles. The van der Waals surface area contributed by atoms with E-state index >= 15 is 0 Å². The van der Waals surface area contributed by atoms with Crippen LogP contribution in [0.2, 0.25) is 0 Å². The van der Waals surface area contributed by atoms with Gasteiger partial charge in [-0.15, -0.1) is 0 Å². The third-order valence-corrected chi connectivity index (χ3v) is 6.30. The standard InChI is InChI=1S/C21H21FN4O5/c1-10-5-6-23-12-7-14(31-17(10)12)21(19(28)24-20(29)25-21)9-26-8-11-3-4-13(30-2)16(22)15(11)18(26)27/h3-4,6-7,10,12,17H,5,8-9H2,1-2H3,(H2,24,25,28,29). The number of methoxy groups -OCH3 is 1. The smallest absolute Gasteiger partial charge is 0.322 e. The number of urea groups is 1. The first-order valence-corrected chi connectivity index (χ1v) is 10.0. The van der Waals surface area contributed by atoms with Gasteiger partial charge in [-0.3, -0.25) is 19.9 Å². The van der Waals surface area contributed by atoms with E-state index in [9.17, 15) is 18.8 Å². The third kappa shape index (κ3) is 2.81. The molecule has 0 aromatic heterocycles. The van der Waals surface area contributed by atoms with Crippen molar-refractivity contribution in [1.29, 1.82) is 0 Å². The van der Waals surface area contributed by atoms with Crippen LogP contribution in [0.25, 0.3) is 0 Å². The van der Waals surface area contributed by atoms with E-state index in [4.69, 9.17) is 9.47 Å². The summed E-state index contributed by atoms with van der Waals surface area (Å²) < 4.78 is 25.8. The van der Waals surface area contributed by atoms with Crippen molar-refractivity contribution >= 4 is 24.1 Å². The van der Waals surface area contributed by atoms with Crippen LogP contribution in [0, 0.1) is 11.7 Å². The number of fused-ring (bicyclic) bond motifs is 2. The summed E-state index contributed by atoms with van der Waals surface area (Å²) in [5, 5.41) is 4.87. The van der Waals surface area contributed by atoms with Crippen LogP contribution in [0.1, 0.15) is 29.3 Å². The maximum atomic E-state index is 14.7. The quantitative estimate of drug-likeness (QED) is 0.699. The van der Waals surface area contributed by atoms with Crippen LogP contribution < -0.4 is 15.4 Å². The number of nitrogens with one attached hydrogen (secondary N) is 2. The molecule has 1 aromatic rings. The molecule has 4 unspecified atom stereocenters. The number of amides is 4. The summed E-state index contributed by atoms with van der Waals surface area (Å²) >= 11 is 0. The van der Waals surface area contributed by atoms with E-state index in [1.807, 2.05) is 13.1 Å². The number of aliphatic imine (C=N–C) groups is 1. The lowest BCUT2D eigenvalue weighted by Gasteiger charge is -2.33. The van der Waals surface area contributed by atoms with Crippen molar-refractivity contribution in [1.82, 2.24) is 15.5 Å². The zero-order valence-electron chi connectivity index (χ0n) is 17.0. The number of nitrogens with zero attached hydrogens (tertiary/aromatic N) is 2. The molecule has 5 rings (SSSR count). The Labute approximate surface area is 177 Å². The largest absolute Gasteiger partial charge is 0.494 e. The minimum Gasteiger partial charge on any atom is -0.494 e. The highest BCUT2D eigenvalue weighted by Crippen LogP contribution is 2.38. The Kier molecular flexibility index (Phi) is 4.28. The molecule has 4 aliphatic heterocycles. The first-order chi connectivity index (χ1) is 14.8. The minimum absolute atomic E-state index is 0.0339. The monoisotopic (exact) mass is 428 g/mol. The lowest BCUT2D eigenvalue weighted by Crippen LogP contribution is -2.57. The van der Waals surface area contributed by atoms with E-state index in [-0.39, 0.29) is 48.2 Å². The molecule has 162 valence electrons. The summed E-state index contributed by atoms with van der Waals surface area (Å²) in [6.45, 7) is 1.91. The summed E-state index contributed by atoms with van der Waals surface area (Å²) in [6, 6.07) is 2.12. The Morgan fingerprint density at radius 1 is 1.35 bits per heavy atom. The first-order valence-electron chi connectivity index (χ1n) is 10.0. The molecule has 0 bridgehead atoms. The van der Waals surface area contributed by atoms with Crippen molar-refractivity contribution < 1.29 is 28.2 Å². The summed E-state index contributed by atoms with van der Waals surface area (Å²) in [5.74, 6) is -1.56. The van der Waals surface area contributed by atoms with Gasteiger partial charge in [-0.25, -0.2) is 9.18 Å². The fourth-order valence-corrected chi connectivity index (χ4v) is 4.63. The Morgan fingerprint density at radius 3 is 2.84 bits per heavy atom. The third-order valence-electron chi connectivity index (χ3n) is 6.30. The van der Waals surface area contributed by atoms with Crippen LogP contribution >= 0.6 is 0 Å². The van der Waals surface area contributed by atoms with E-state index in [0.717, 1.165) is 6.42 Å². The van der Waals surface area contributed by atoms with Crippen LogP contribution in [0.15, 0.2) is 29.0 Å². The molecular weight excluding hydrogens is 407 g/mol. The van der Waals surface area contributed by atoms with Gasteiger partial charge < -0.3 is 19.7 Å². The van der Waals surface area contributed by atoms with Crippen molar-refractivity contribution in [2.75, 3.05) is 13.7 Å². The van der Waals surface area contributed by atoms with Crippen molar-refractivity contribution in [3.05, 3.63) is 40.9 Å². The number of rotatable bonds is 4. The minimum atomic E-state index is -1.61. The average molecular weight is 428 g/mol. The van der Waals surface area contributed by atoms with Crippen molar-refractivity contribution in [2.45, 2.75) is 37.6 Å². The number of benzene rings is 1. The van der Waals surface area contributed by atoms with Gasteiger partial charge >= 0.3 is 6.03 Å². The molecule has 10 heteroatoms. The molecule has 0 radical (unpaired) electrons. The molecule has 4 heterocycles. The predicted molar refractivity (Wildman–Crippen MR) is 106 cm³/mol. The summed E-state index contributed by atoms with van der Waals surface area (Å²) in [4.78, 5) is 43.8. The topological polar surface area (TPSA) is 109 Å². The van der Waals surface area contributed by atoms with E-state index in [0.29, 0.717) is 5.56 Å². The summed E-state index contributed by atoms with van der Waals surface area (Å²) in [7, 11) is 1.32. The average Bonchev–Trinajstić information content (AvgIpc) is 3.38. The van der Waals surface area contributed by atoms with Gasteiger partial charge in [-0.05, 0) is 30.3 Å². The van der Waals surface area contributed by atoms with E-state index < -0.39 is 29.2 Å². The molecular formula is C21H21FN4O5. The van der Waals surface area contributed by atoms with Crippen LogP contribution in [0.3, 0.4) is 0 Å². The second kappa shape index (κ2) is 6.79. The van der Waals surface area contributed by atoms with Crippen molar-refractivity contribution in [3.8, 4) is 5.75 Å². The fourth-order valence-electron chi connectivity index (χ4n) is 4.63. The molecule has 4 amide bonds. The molecule has 2 N–H and O–H groups in total. The highest BCUT2D eigenvalue weighted by Gasteiger charge is 2.56. The van der Waals surface area contributed by atoms with Gasteiger partial charge in [0.1, 0.15) is 17.9 Å². The van der Waals surface area contributed by atoms with Crippen LogP contribution in [0.5, 0.6) is 5.75 Å². The molecule has 1 fully saturated rings. The van der Waals surface area contributed by atoms with Crippen LogP contribution in [-0.4, -0.2) is 60.3 Å². The molecule has 31 heavy (non-hydrogen) atoms. The second-order valence-corrected chi connectivity index (χ2v) is 8.24. The Hall–Kier alpha value is -3.43. The number of hydrogen-bond donors (Lipinski definition) is 2. The lowest BCUT2D eigenvalue weighted by molar-refractivity contribution is -0.124. The number of carbonyl (C=O) groups is 3. The molecule has 1 saturated heterocycles. The Bertz CT molecular complexity index is 1070. The van der Waals surface area contributed by atoms with Gasteiger partial charge in [0.15, 0.2) is 17.1 Å². The molecule has 4 aliphatic rings. The number of imide groups is 1. The molecule has 0 spiro atoms. The molecule has 4 atom stereocenters. The van der Waals surface area contributed by atoms with Crippen LogP contribution in [0.4, 0.5) is 9.18 Å². The van der Waals surface area contributed by atoms with Gasteiger partial charge in [-0.1, -0.05) is 13.0 Å². The van der Waals surface area contributed by atoms with E-state index in [1.165, 1.54) is 18.1 Å². The number of halogens is 1. The first kappa shape index (κ1) is 19.5. The second-order valence-electron chi connectivity index (χ2n) is 8.24. The number of hydrogen-bond acceptors (Lipinski definition) is 6. The van der Waals surface area contributed by atoms with Gasteiger partial charge in [0.05, 0.1) is 19.2 Å². The zero-order valence-corrected chi connectivity index (χ0v) is 17.0. The SMILES string of the molecule is COc1ccc2c(c1F)C(=O)N(CC1(C3=CC4N=CCC(C)C4O3)NC(=O)NC1=O)C2. The van der Waals surface area contributed by atoms with Gasteiger partial charge in [0.25, 0.3) is 11.8 Å². The Morgan fingerprint density at radius 2 is 2.16 bits per heavy atom. The highest BCUT2D eigenvalue weighted by molar-refractivity contribution is 6.09. The number of carbonyl (C=O) groups excluding carboxylic acids is 3. The molecule has 1 aromatic carbocycles. The van der Waals surface area contributed by atoms with Crippen LogP contribution in [-0.2, 0) is 16.1 Å². The zero-order chi connectivity index (χ0) is 21.9. The van der Waals surface area contributed by atoms with Crippen molar-refractivity contribution in [3.63, 3.8) is 0 Å². The highest BCUT2D eigenvalue weighted by atomic mass is 19.1. The predicted octanol–water partition coefficient (Wildman–Crippen LogP) is 1.13. The van der Waals surface area contributed by atoms with Gasteiger partial charge in [0.2, 0.25) is 0 Å². The number of ether oxygens (including phenoxy) is 2. The van der Waals surface area contributed by atoms with E-state index in [1.54, 1.807) is 12.1 Å². The summed E-state index contributed by atoms with van der Waals surface area (Å²) in [5.41, 5.74) is -1.22.